The molecule has 0 aliphatic rings. The Morgan fingerprint density at radius 2 is 1.68 bits per heavy atom. The van der Waals surface area contributed by atoms with E-state index in [4.69, 9.17) is 9.47 Å². The minimum absolute atomic E-state index is 0.0378. The molecule has 0 N–H and O–H groups in total. The van der Waals surface area contributed by atoms with E-state index in [9.17, 15) is 30.8 Å². The van der Waals surface area contributed by atoms with Gasteiger partial charge in [0.25, 0.3) is 0 Å². The average molecular weight is 585 g/mol. The number of halogens is 5. The number of rotatable bonds is 9. The van der Waals surface area contributed by atoms with Gasteiger partial charge in [-0.1, -0.05) is 24.3 Å². The molecule has 13 heteroatoms. The van der Waals surface area contributed by atoms with Crippen LogP contribution in [0.3, 0.4) is 0 Å². The normalized spacial score (nSPS) is 13.0. The molecule has 7 nitrogen and oxygen atoms in total. The molecule has 1 aromatic heterocycles. The van der Waals surface area contributed by atoms with Crippen molar-refractivity contribution >= 4 is 20.9 Å². The number of aromatic nitrogens is 2. The number of sulfone groups is 1. The molecule has 0 bridgehead atoms. The van der Waals surface area contributed by atoms with Gasteiger partial charge in [0, 0.05) is 11.8 Å². The van der Waals surface area contributed by atoms with Gasteiger partial charge in [-0.3, -0.25) is 9.13 Å². The van der Waals surface area contributed by atoms with Crippen molar-refractivity contribution in [1.82, 2.24) is 9.13 Å². The van der Waals surface area contributed by atoms with Crippen LogP contribution in [0.2, 0.25) is 0 Å². The summed E-state index contributed by atoms with van der Waals surface area (Å²) in [6, 6.07) is 9.11. The average Bonchev–Trinajstić information content (AvgIpc) is 3.14. The molecule has 0 saturated carbocycles. The number of alkyl halides is 3. The zero-order valence-corrected chi connectivity index (χ0v) is 22.4. The number of benzene rings is 3. The number of hydrogen-bond acceptors (Lipinski definition) is 5. The minimum Gasteiger partial charge on any atom is -0.493 e. The van der Waals surface area contributed by atoms with Crippen molar-refractivity contribution in [3.05, 3.63) is 93.4 Å². The van der Waals surface area contributed by atoms with E-state index in [1.807, 2.05) is 0 Å². The van der Waals surface area contributed by atoms with Crippen LogP contribution >= 0.6 is 0 Å². The summed E-state index contributed by atoms with van der Waals surface area (Å²) in [4.78, 5) is 13.9. The highest BCUT2D eigenvalue weighted by Gasteiger charge is 2.35. The van der Waals surface area contributed by atoms with E-state index >= 15 is 4.39 Å². The van der Waals surface area contributed by atoms with E-state index in [1.54, 1.807) is 6.92 Å². The fourth-order valence-electron chi connectivity index (χ4n) is 4.54. The molecule has 0 aliphatic carbocycles. The largest absolute Gasteiger partial charge is 0.493 e. The van der Waals surface area contributed by atoms with Crippen LogP contribution in [0.25, 0.3) is 11.0 Å². The number of nitrogens with zero attached hydrogens (tertiary/aromatic N) is 2. The lowest BCUT2D eigenvalue weighted by Crippen LogP contribution is -2.32. The second-order valence-electron chi connectivity index (χ2n) is 9.11. The Morgan fingerprint density at radius 3 is 2.27 bits per heavy atom. The topological polar surface area (TPSA) is 79.5 Å². The standard InChI is InChI=1S/C27H25F5N2O5S/c1-4-39-24-11-16(9-10-23(24)38-2)22(15-40(3,36)37)34-25-20(29)12-18(27(30,31)32)13-21(25)33(26(34)35)14-17-7-5-6-8-19(17)28/h5-13,22H,4,14-15H2,1-3H3/t22-/m1/s1. The molecule has 1 heterocycles. The summed E-state index contributed by atoms with van der Waals surface area (Å²) in [6.07, 6.45) is -4.04. The molecular weight excluding hydrogens is 559 g/mol. The third kappa shape index (κ3) is 5.83. The fourth-order valence-corrected chi connectivity index (χ4v) is 5.45. The van der Waals surface area contributed by atoms with Gasteiger partial charge in [0.2, 0.25) is 0 Å². The van der Waals surface area contributed by atoms with Gasteiger partial charge in [-0.2, -0.15) is 13.2 Å². The number of ether oxygens (including phenoxy) is 2. The van der Waals surface area contributed by atoms with Gasteiger partial charge in [0.1, 0.15) is 27.0 Å². The highest BCUT2D eigenvalue weighted by Crippen LogP contribution is 2.36. The monoisotopic (exact) mass is 584 g/mol. The van der Waals surface area contributed by atoms with Crippen molar-refractivity contribution in [1.29, 1.82) is 0 Å². The molecule has 1 atom stereocenters. The molecule has 3 aromatic carbocycles. The van der Waals surface area contributed by atoms with Gasteiger partial charge in [0.05, 0.1) is 43.1 Å². The molecule has 0 unspecified atom stereocenters. The Balaban J connectivity index is 2.07. The molecule has 0 aliphatic heterocycles. The molecule has 4 rings (SSSR count). The van der Waals surface area contributed by atoms with Crippen LogP contribution in [0.1, 0.15) is 29.7 Å². The summed E-state index contributed by atoms with van der Waals surface area (Å²) in [7, 11) is -2.46. The highest BCUT2D eigenvalue weighted by atomic mass is 32.2. The van der Waals surface area contributed by atoms with Crippen LogP contribution < -0.4 is 15.2 Å². The van der Waals surface area contributed by atoms with Gasteiger partial charge in [0.15, 0.2) is 11.5 Å². The van der Waals surface area contributed by atoms with Gasteiger partial charge in [-0.05, 0) is 42.8 Å². The fraction of sp³-hybridized carbons (Fsp3) is 0.296. The molecule has 214 valence electrons. The van der Waals surface area contributed by atoms with Crippen molar-refractivity contribution in [3.63, 3.8) is 0 Å². The van der Waals surface area contributed by atoms with Crippen LogP contribution in [0.15, 0.2) is 59.4 Å². The zero-order chi connectivity index (χ0) is 29.4. The molecule has 0 spiro atoms. The predicted octanol–water partition coefficient (Wildman–Crippen LogP) is 5.19. The van der Waals surface area contributed by atoms with Crippen molar-refractivity contribution in [2.45, 2.75) is 25.7 Å². The van der Waals surface area contributed by atoms with E-state index in [0.29, 0.717) is 11.8 Å². The third-order valence-electron chi connectivity index (χ3n) is 6.27. The van der Waals surface area contributed by atoms with Crippen molar-refractivity contribution in [2.24, 2.45) is 0 Å². The van der Waals surface area contributed by atoms with E-state index in [2.05, 4.69) is 0 Å². The quantitative estimate of drug-likeness (QED) is 0.253. The smallest absolute Gasteiger partial charge is 0.416 e. The lowest BCUT2D eigenvalue weighted by molar-refractivity contribution is -0.137. The molecule has 0 radical (unpaired) electrons. The first kappa shape index (κ1) is 29.1. The summed E-state index contributed by atoms with van der Waals surface area (Å²) in [6.45, 7) is 1.38. The van der Waals surface area contributed by atoms with Crippen LogP contribution in [0.5, 0.6) is 11.5 Å². The van der Waals surface area contributed by atoms with Crippen LogP contribution in [-0.2, 0) is 22.6 Å². The Hall–Kier alpha value is -3.87. The van der Waals surface area contributed by atoms with E-state index in [1.165, 1.54) is 43.5 Å². The van der Waals surface area contributed by atoms with E-state index in [-0.39, 0.29) is 29.5 Å². The zero-order valence-electron chi connectivity index (χ0n) is 21.6. The first-order valence-electron chi connectivity index (χ1n) is 12.0. The first-order valence-corrected chi connectivity index (χ1v) is 14.0. The summed E-state index contributed by atoms with van der Waals surface area (Å²) >= 11 is 0. The summed E-state index contributed by atoms with van der Waals surface area (Å²) < 4.78 is 108. The Bertz CT molecular complexity index is 1730. The Morgan fingerprint density at radius 1 is 0.975 bits per heavy atom. The van der Waals surface area contributed by atoms with Crippen LogP contribution in [-0.4, -0.2) is 43.3 Å². The molecule has 4 aromatic rings. The first-order chi connectivity index (χ1) is 18.7. The molecule has 0 amide bonds. The number of imidazole rings is 1. The lowest BCUT2D eigenvalue weighted by Gasteiger charge is -2.21. The van der Waals surface area contributed by atoms with E-state index in [0.717, 1.165) is 21.5 Å². The summed E-state index contributed by atoms with van der Waals surface area (Å²) in [5.41, 5.74) is -3.27. The number of methoxy groups -OCH3 is 1. The maximum atomic E-state index is 15.5. The Kier molecular flexibility index (Phi) is 7.97. The molecular formula is C27H25F5N2O5S. The Labute approximate surface area is 226 Å². The van der Waals surface area contributed by atoms with Gasteiger partial charge >= 0.3 is 11.9 Å². The maximum Gasteiger partial charge on any atom is 0.416 e. The summed E-state index contributed by atoms with van der Waals surface area (Å²) in [5.74, 6) is -2.31. The number of fused-ring (bicyclic) bond motifs is 1. The van der Waals surface area contributed by atoms with Crippen molar-refractivity contribution < 1.29 is 39.8 Å². The second-order valence-corrected chi connectivity index (χ2v) is 11.3. The van der Waals surface area contributed by atoms with Crippen LogP contribution in [0.4, 0.5) is 22.0 Å². The summed E-state index contributed by atoms with van der Waals surface area (Å²) in [5, 5.41) is 0. The SMILES string of the molecule is CCOc1cc([C@@H](CS(C)(=O)=O)n2c(=O)n(Cc3ccccc3F)c3cc(C(F)(F)F)cc(F)c32)ccc1OC. The minimum atomic E-state index is -4.95. The maximum absolute atomic E-state index is 15.5. The molecule has 0 saturated heterocycles. The van der Waals surface area contributed by atoms with Crippen molar-refractivity contribution in [3.8, 4) is 11.5 Å². The molecule has 0 fully saturated rings. The van der Waals surface area contributed by atoms with Gasteiger partial charge in [-0.15, -0.1) is 0 Å². The van der Waals surface area contributed by atoms with Crippen molar-refractivity contribution in [2.75, 3.05) is 25.7 Å². The van der Waals surface area contributed by atoms with E-state index < -0.39 is 68.3 Å². The second kappa shape index (κ2) is 11.0. The predicted molar refractivity (Wildman–Crippen MR) is 139 cm³/mol. The highest BCUT2D eigenvalue weighted by molar-refractivity contribution is 7.90. The van der Waals surface area contributed by atoms with Gasteiger partial charge < -0.3 is 9.47 Å². The molecule has 40 heavy (non-hydrogen) atoms. The lowest BCUT2D eigenvalue weighted by atomic mass is 10.1. The number of hydrogen-bond donors (Lipinski definition) is 0. The van der Waals surface area contributed by atoms with Gasteiger partial charge in [-0.25, -0.2) is 22.0 Å². The van der Waals surface area contributed by atoms with Crippen LogP contribution in [0, 0.1) is 11.6 Å². The third-order valence-corrected chi connectivity index (χ3v) is 7.19.